The zero-order chi connectivity index (χ0) is 13.2. The number of benzene rings is 1. The summed E-state index contributed by atoms with van der Waals surface area (Å²) in [4.78, 5) is 8.30. The zero-order valence-corrected chi connectivity index (χ0v) is 10.5. The monoisotopic (exact) mass is 258 g/mol. The van der Waals surface area contributed by atoms with E-state index in [2.05, 4.69) is 15.3 Å². The van der Waals surface area contributed by atoms with Gasteiger partial charge in [-0.1, -0.05) is 0 Å². The van der Waals surface area contributed by atoms with Gasteiger partial charge in [-0.25, -0.2) is 9.97 Å². The molecule has 2 heterocycles. The van der Waals surface area contributed by atoms with E-state index in [1.807, 2.05) is 18.2 Å². The first-order valence-electron chi connectivity index (χ1n) is 5.98. The molecule has 1 aliphatic rings. The van der Waals surface area contributed by atoms with Crippen LogP contribution >= 0.6 is 0 Å². The summed E-state index contributed by atoms with van der Waals surface area (Å²) in [5.74, 6) is 3.21. The molecule has 3 rings (SSSR count). The number of anilines is 3. The van der Waals surface area contributed by atoms with Gasteiger partial charge < -0.3 is 20.5 Å². The number of aromatic nitrogens is 2. The number of hydrogen-bond donors (Lipinski definition) is 2. The van der Waals surface area contributed by atoms with Crippen LogP contribution in [0.25, 0.3) is 0 Å². The maximum absolute atomic E-state index is 5.69. The van der Waals surface area contributed by atoms with E-state index in [0.29, 0.717) is 30.7 Å². The van der Waals surface area contributed by atoms with Crippen LogP contribution in [0.2, 0.25) is 0 Å². The molecule has 0 saturated heterocycles. The molecule has 1 aliphatic heterocycles. The fourth-order valence-corrected chi connectivity index (χ4v) is 1.92. The Hall–Kier alpha value is -2.50. The number of nitrogens with one attached hydrogen (secondary N) is 1. The summed E-state index contributed by atoms with van der Waals surface area (Å²) in [6, 6.07) is 7.33. The van der Waals surface area contributed by atoms with E-state index in [1.165, 1.54) is 0 Å². The summed E-state index contributed by atoms with van der Waals surface area (Å²) < 4.78 is 11.0. The summed E-state index contributed by atoms with van der Waals surface area (Å²) >= 11 is 0. The van der Waals surface area contributed by atoms with Crippen molar-refractivity contribution in [3.63, 3.8) is 0 Å². The largest absolute Gasteiger partial charge is 0.486 e. The van der Waals surface area contributed by atoms with E-state index in [-0.39, 0.29) is 0 Å². The number of nitrogen functional groups attached to an aromatic ring is 1. The van der Waals surface area contributed by atoms with E-state index in [9.17, 15) is 0 Å². The predicted molar refractivity (Wildman–Crippen MR) is 71.9 cm³/mol. The molecule has 0 atom stereocenters. The Balaban J connectivity index is 1.86. The Morgan fingerprint density at radius 3 is 2.68 bits per heavy atom. The molecule has 98 valence electrons. The number of fused-ring (bicyclic) bond motifs is 1. The number of aryl methyl sites for hydroxylation is 1. The van der Waals surface area contributed by atoms with Crippen molar-refractivity contribution in [3.8, 4) is 11.5 Å². The van der Waals surface area contributed by atoms with Crippen molar-refractivity contribution in [2.45, 2.75) is 6.92 Å². The number of hydrogen-bond acceptors (Lipinski definition) is 6. The summed E-state index contributed by atoms with van der Waals surface area (Å²) in [7, 11) is 0. The first kappa shape index (κ1) is 11.6. The molecule has 19 heavy (non-hydrogen) atoms. The van der Waals surface area contributed by atoms with Crippen LogP contribution in [0, 0.1) is 6.92 Å². The SMILES string of the molecule is Cc1nc(N)cc(Nc2ccc3c(c2)OCCO3)n1. The highest BCUT2D eigenvalue weighted by Crippen LogP contribution is 2.33. The molecule has 2 aromatic rings. The van der Waals surface area contributed by atoms with Crippen LogP contribution < -0.4 is 20.5 Å². The minimum absolute atomic E-state index is 0.438. The molecule has 1 aromatic heterocycles. The second kappa shape index (κ2) is 4.64. The van der Waals surface area contributed by atoms with Gasteiger partial charge in [0.2, 0.25) is 0 Å². The van der Waals surface area contributed by atoms with Gasteiger partial charge in [0.25, 0.3) is 0 Å². The fraction of sp³-hybridized carbons (Fsp3) is 0.231. The Morgan fingerprint density at radius 2 is 1.89 bits per heavy atom. The highest BCUT2D eigenvalue weighted by atomic mass is 16.6. The van der Waals surface area contributed by atoms with E-state index in [0.717, 1.165) is 17.2 Å². The van der Waals surface area contributed by atoms with Crippen molar-refractivity contribution < 1.29 is 9.47 Å². The van der Waals surface area contributed by atoms with Crippen LogP contribution in [0.15, 0.2) is 24.3 Å². The molecule has 6 nitrogen and oxygen atoms in total. The number of ether oxygens (including phenoxy) is 2. The average molecular weight is 258 g/mol. The molecular weight excluding hydrogens is 244 g/mol. The van der Waals surface area contributed by atoms with Gasteiger partial charge in [-0.3, -0.25) is 0 Å². The topological polar surface area (TPSA) is 82.3 Å². The van der Waals surface area contributed by atoms with Crippen molar-refractivity contribution in [1.29, 1.82) is 0 Å². The lowest BCUT2D eigenvalue weighted by atomic mass is 10.2. The average Bonchev–Trinajstić information content (AvgIpc) is 2.37. The molecule has 1 aromatic carbocycles. The van der Waals surface area contributed by atoms with Crippen LogP contribution in [-0.4, -0.2) is 23.2 Å². The molecule has 0 amide bonds. The third-order valence-corrected chi connectivity index (χ3v) is 2.67. The standard InChI is InChI=1S/C13H14N4O2/c1-8-15-12(14)7-13(16-8)17-9-2-3-10-11(6-9)19-5-4-18-10/h2-3,6-7H,4-5H2,1H3,(H3,14,15,16,17). The van der Waals surface area contributed by atoms with Crippen LogP contribution in [-0.2, 0) is 0 Å². The summed E-state index contributed by atoms with van der Waals surface area (Å²) in [6.45, 7) is 2.95. The van der Waals surface area contributed by atoms with E-state index >= 15 is 0 Å². The number of nitrogens with two attached hydrogens (primary N) is 1. The first-order chi connectivity index (χ1) is 9.20. The first-order valence-corrected chi connectivity index (χ1v) is 5.98. The summed E-state index contributed by atoms with van der Waals surface area (Å²) in [6.07, 6.45) is 0. The molecule has 0 spiro atoms. The maximum atomic E-state index is 5.69. The van der Waals surface area contributed by atoms with Gasteiger partial charge in [-0.15, -0.1) is 0 Å². The molecular formula is C13H14N4O2. The zero-order valence-electron chi connectivity index (χ0n) is 10.5. The minimum atomic E-state index is 0.438. The molecule has 0 aliphatic carbocycles. The highest BCUT2D eigenvalue weighted by Gasteiger charge is 2.12. The van der Waals surface area contributed by atoms with Gasteiger partial charge in [0, 0.05) is 17.8 Å². The molecule has 6 heteroatoms. The van der Waals surface area contributed by atoms with Gasteiger partial charge in [0.1, 0.15) is 30.7 Å². The van der Waals surface area contributed by atoms with Crippen molar-refractivity contribution in [2.24, 2.45) is 0 Å². The smallest absolute Gasteiger partial charge is 0.163 e. The summed E-state index contributed by atoms with van der Waals surface area (Å²) in [5, 5.41) is 3.17. The maximum Gasteiger partial charge on any atom is 0.163 e. The summed E-state index contributed by atoms with van der Waals surface area (Å²) in [5.41, 5.74) is 6.55. The Morgan fingerprint density at radius 1 is 1.11 bits per heavy atom. The van der Waals surface area contributed by atoms with Crippen LogP contribution in [0.3, 0.4) is 0 Å². The van der Waals surface area contributed by atoms with Gasteiger partial charge in [-0.05, 0) is 19.1 Å². The molecule has 3 N–H and O–H groups in total. The van der Waals surface area contributed by atoms with E-state index < -0.39 is 0 Å². The van der Waals surface area contributed by atoms with Crippen molar-refractivity contribution >= 4 is 17.3 Å². The van der Waals surface area contributed by atoms with Gasteiger partial charge in [0.15, 0.2) is 11.5 Å². The molecule has 0 fully saturated rings. The van der Waals surface area contributed by atoms with Gasteiger partial charge >= 0.3 is 0 Å². The number of rotatable bonds is 2. The molecule has 0 saturated carbocycles. The number of nitrogens with zero attached hydrogens (tertiary/aromatic N) is 2. The third-order valence-electron chi connectivity index (χ3n) is 2.67. The quantitative estimate of drug-likeness (QED) is 0.855. The van der Waals surface area contributed by atoms with Crippen LogP contribution in [0.5, 0.6) is 11.5 Å². The normalized spacial score (nSPS) is 13.1. The highest BCUT2D eigenvalue weighted by molar-refractivity contribution is 5.62. The van der Waals surface area contributed by atoms with Crippen LogP contribution in [0.1, 0.15) is 5.82 Å². The second-order valence-electron chi connectivity index (χ2n) is 4.21. The lowest BCUT2D eigenvalue weighted by molar-refractivity contribution is 0.171. The lowest BCUT2D eigenvalue weighted by Gasteiger charge is -2.19. The Labute approximate surface area is 110 Å². The Kier molecular flexibility index (Phi) is 2.83. The van der Waals surface area contributed by atoms with Gasteiger partial charge in [-0.2, -0.15) is 0 Å². The molecule has 0 bridgehead atoms. The molecule has 0 unspecified atom stereocenters. The van der Waals surface area contributed by atoms with Crippen molar-refractivity contribution in [1.82, 2.24) is 9.97 Å². The Bertz CT molecular complexity index is 595. The van der Waals surface area contributed by atoms with Crippen molar-refractivity contribution in [2.75, 3.05) is 24.3 Å². The van der Waals surface area contributed by atoms with Crippen molar-refractivity contribution in [3.05, 3.63) is 30.1 Å². The fourth-order valence-electron chi connectivity index (χ4n) is 1.92. The molecule has 0 radical (unpaired) electrons. The van der Waals surface area contributed by atoms with E-state index in [4.69, 9.17) is 15.2 Å². The minimum Gasteiger partial charge on any atom is -0.486 e. The van der Waals surface area contributed by atoms with Gasteiger partial charge in [0.05, 0.1) is 0 Å². The predicted octanol–water partition coefficient (Wildman–Crippen LogP) is 1.88. The van der Waals surface area contributed by atoms with Crippen LogP contribution in [0.4, 0.5) is 17.3 Å². The second-order valence-corrected chi connectivity index (χ2v) is 4.21. The lowest BCUT2D eigenvalue weighted by Crippen LogP contribution is -2.15. The third kappa shape index (κ3) is 2.52. The van der Waals surface area contributed by atoms with E-state index in [1.54, 1.807) is 13.0 Å².